The summed E-state index contributed by atoms with van der Waals surface area (Å²) in [4.78, 5) is 17.9. The minimum absolute atomic E-state index is 0.302. The molecule has 4 heteroatoms. The van der Waals surface area contributed by atoms with E-state index in [0.29, 0.717) is 12.4 Å². The highest BCUT2D eigenvalue weighted by Gasteiger charge is 2.31. The molecular formula is C13H18N2O2. The Morgan fingerprint density at radius 1 is 1.41 bits per heavy atom. The van der Waals surface area contributed by atoms with Gasteiger partial charge in [-0.15, -0.1) is 0 Å². The quantitative estimate of drug-likeness (QED) is 0.750. The Bertz CT molecular complexity index is 412. The van der Waals surface area contributed by atoms with Crippen molar-refractivity contribution in [3.05, 3.63) is 23.9 Å². The van der Waals surface area contributed by atoms with Crippen molar-refractivity contribution in [3.63, 3.8) is 0 Å². The number of hydrogen-bond donors (Lipinski definition) is 0. The molecule has 92 valence electrons. The summed E-state index contributed by atoms with van der Waals surface area (Å²) in [5.41, 5.74) is 0.702. The van der Waals surface area contributed by atoms with Crippen LogP contribution in [0.1, 0.15) is 32.3 Å². The van der Waals surface area contributed by atoms with E-state index in [0.717, 1.165) is 18.4 Å². The molecule has 17 heavy (non-hydrogen) atoms. The van der Waals surface area contributed by atoms with Crippen molar-refractivity contribution in [1.82, 2.24) is 4.98 Å². The maximum absolute atomic E-state index is 12.0. The first-order chi connectivity index (χ1) is 7.98. The number of ether oxygens (including phenoxy) is 1. The molecule has 2 rings (SSSR count). The molecule has 1 amide bonds. The van der Waals surface area contributed by atoms with E-state index in [2.05, 4.69) is 4.98 Å². The fourth-order valence-electron chi connectivity index (χ4n) is 1.92. The second-order valence-electron chi connectivity index (χ2n) is 5.08. The van der Waals surface area contributed by atoms with Gasteiger partial charge < -0.3 is 4.74 Å². The number of nitrogens with zero attached hydrogens (tertiary/aromatic N) is 2. The molecule has 1 fully saturated rings. The monoisotopic (exact) mass is 234 g/mol. The van der Waals surface area contributed by atoms with Crippen molar-refractivity contribution < 1.29 is 9.53 Å². The van der Waals surface area contributed by atoms with E-state index in [9.17, 15) is 4.79 Å². The van der Waals surface area contributed by atoms with E-state index in [4.69, 9.17) is 4.74 Å². The third-order valence-electron chi connectivity index (χ3n) is 2.92. The largest absolute Gasteiger partial charge is 0.443 e. The molecule has 0 spiro atoms. The summed E-state index contributed by atoms with van der Waals surface area (Å²) in [6.45, 7) is 6.52. The topological polar surface area (TPSA) is 42.4 Å². The number of amides is 1. The van der Waals surface area contributed by atoms with Crippen LogP contribution in [0.3, 0.4) is 0 Å². The summed E-state index contributed by atoms with van der Waals surface area (Å²) in [7, 11) is 0. The number of pyridine rings is 1. The van der Waals surface area contributed by atoms with Gasteiger partial charge in [0.1, 0.15) is 11.4 Å². The Balaban J connectivity index is 2.21. The van der Waals surface area contributed by atoms with Gasteiger partial charge >= 0.3 is 6.09 Å². The van der Waals surface area contributed by atoms with Crippen LogP contribution in [0.5, 0.6) is 0 Å². The van der Waals surface area contributed by atoms with Crippen LogP contribution in [-0.4, -0.2) is 23.2 Å². The van der Waals surface area contributed by atoms with Gasteiger partial charge in [0.25, 0.3) is 0 Å². The van der Waals surface area contributed by atoms with Crippen LogP contribution < -0.4 is 4.90 Å². The summed E-state index contributed by atoms with van der Waals surface area (Å²) in [6.07, 6.45) is 3.26. The SMILES string of the molecule is Cc1ccc(N2CCCC(C)(C)OC2=O)nc1. The fourth-order valence-corrected chi connectivity index (χ4v) is 1.92. The Morgan fingerprint density at radius 2 is 2.18 bits per heavy atom. The Kier molecular flexibility index (Phi) is 3.05. The molecule has 0 aromatic carbocycles. The second kappa shape index (κ2) is 4.35. The van der Waals surface area contributed by atoms with Gasteiger partial charge in [0.2, 0.25) is 0 Å². The van der Waals surface area contributed by atoms with E-state index in [1.165, 1.54) is 0 Å². The Hall–Kier alpha value is -1.58. The molecule has 1 saturated heterocycles. The average molecular weight is 234 g/mol. The van der Waals surface area contributed by atoms with E-state index < -0.39 is 0 Å². The molecular weight excluding hydrogens is 216 g/mol. The second-order valence-corrected chi connectivity index (χ2v) is 5.08. The molecule has 0 saturated carbocycles. The van der Waals surface area contributed by atoms with Crippen molar-refractivity contribution in [1.29, 1.82) is 0 Å². The lowest BCUT2D eigenvalue weighted by atomic mass is 10.0. The predicted octanol–water partition coefficient (Wildman–Crippen LogP) is 2.91. The molecule has 0 N–H and O–H groups in total. The third-order valence-corrected chi connectivity index (χ3v) is 2.92. The normalized spacial score (nSPS) is 19.7. The van der Waals surface area contributed by atoms with Crippen LogP contribution >= 0.6 is 0 Å². The highest BCUT2D eigenvalue weighted by Crippen LogP contribution is 2.25. The highest BCUT2D eigenvalue weighted by atomic mass is 16.6. The molecule has 2 heterocycles. The van der Waals surface area contributed by atoms with Gasteiger partial charge in [-0.05, 0) is 45.2 Å². The summed E-state index contributed by atoms with van der Waals surface area (Å²) >= 11 is 0. The number of aryl methyl sites for hydroxylation is 1. The highest BCUT2D eigenvalue weighted by molar-refractivity contribution is 5.86. The summed E-state index contributed by atoms with van der Waals surface area (Å²) in [6, 6.07) is 3.81. The number of aromatic nitrogens is 1. The van der Waals surface area contributed by atoms with Crippen molar-refractivity contribution in [2.24, 2.45) is 0 Å². The number of carbonyl (C=O) groups excluding carboxylic acids is 1. The van der Waals surface area contributed by atoms with Crippen LogP contribution in [0.25, 0.3) is 0 Å². The maximum atomic E-state index is 12.0. The number of anilines is 1. The zero-order valence-corrected chi connectivity index (χ0v) is 10.6. The first kappa shape index (κ1) is 11.9. The van der Waals surface area contributed by atoms with Crippen LogP contribution in [0.4, 0.5) is 10.6 Å². The van der Waals surface area contributed by atoms with Crippen LogP contribution in [0.2, 0.25) is 0 Å². The average Bonchev–Trinajstić information content (AvgIpc) is 2.37. The lowest BCUT2D eigenvalue weighted by Gasteiger charge is -2.24. The Morgan fingerprint density at radius 3 is 2.82 bits per heavy atom. The summed E-state index contributed by atoms with van der Waals surface area (Å²) < 4.78 is 5.44. The van der Waals surface area contributed by atoms with Crippen molar-refractivity contribution >= 4 is 11.9 Å². The van der Waals surface area contributed by atoms with Gasteiger partial charge in [-0.1, -0.05) is 6.07 Å². The molecule has 4 nitrogen and oxygen atoms in total. The summed E-state index contributed by atoms with van der Waals surface area (Å²) in [5.74, 6) is 0.665. The zero-order chi connectivity index (χ0) is 12.5. The van der Waals surface area contributed by atoms with Crippen molar-refractivity contribution in [2.45, 2.75) is 39.2 Å². The molecule has 0 radical (unpaired) electrons. The van der Waals surface area contributed by atoms with Gasteiger partial charge in [0.15, 0.2) is 0 Å². The molecule has 1 aliphatic heterocycles. The number of hydrogen-bond acceptors (Lipinski definition) is 3. The first-order valence-corrected chi connectivity index (χ1v) is 5.91. The van der Waals surface area contributed by atoms with Gasteiger partial charge in [-0.3, -0.25) is 4.90 Å². The summed E-state index contributed by atoms with van der Waals surface area (Å²) in [5, 5.41) is 0. The maximum Gasteiger partial charge on any atom is 0.416 e. The zero-order valence-electron chi connectivity index (χ0n) is 10.6. The van der Waals surface area contributed by atoms with Crippen LogP contribution in [0, 0.1) is 6.92 Å². The number of cyclic esters (lactones) is 1. The molecule has 0 aliphatic carbocycles. The van der Waals surface area contributed by atoms with Gasteiger partial charge in [-0.25, -0.2) is 9.78 Å². The standard InChI is InChI=1S/C13H18N2O2/c1-10-5-6-11(14-9-10)15-8-4-7-13(2,3)17-12(15)16/h5-6,9H,4,7-8H2,1-3H3. The minimum atomic E-state index is -0.378. The molecule has 0 atom stereocenters. The fraction of sp³-hybridized carbons (Fsp3) is 0.538. The van der Waals surface area contributed by atoms with E-state index in [1.807, 2.05) is 32.9 Å². The van der Waals surface area contributed by atoms with Crippen LogP contribution in [-0.2, 0) is 4.74 Å². The molecule has 1 aliphatic rings. The lowest BCUT2D eigenvalue weighted by Crippen LogP contribution is -2.34. The smallest absolute Gasteiger partial charge is 0.416 e. The number of carbonyl (C=O) groups is 1. The lowest BCUT2D eigenvalue weighted by molar-refractivity contribution is 0.0449. The molecule has 0 bridgehead atoms. The van der Waals surface area contributed by atoms with E-state index in [-0.39, 0.29) is 11.7 Å². The number of rotatable bonds is 1. The minimum Gasteiger partial charge on any atom is -0.443 e. The van der Waals surface area contributed by atoms with Gasteiger partial charge in [0, 0.05) is 12.7 Å². The Labute approximate surface area is 102 Å². The molecule has 0 unspecified atom stereocenters. The first-order valence-electron chi connectivity index (χ1n) is 5.91. The van der Waals surface area contributed by atoms with Gasteiger partial charge in [-0.2, -0.15) is 0 Å². The van der Waals surface area contributed by atoms with Crippen LogP contribution in [0.15, 0.2) is 18.3 Å². The van der Waals surface area contributed by atoms with Crippen molar-refractivity contribution in [2.75, 3.05) is 11.4 Å². The molecule has 1 aromatic heterocycles. The predicted molar refractivity (Wildman–Crippen MR) is 66.1 cm³/mol. The van der Waals surface area contributed by atoms with E-state index in [1.54, 1.807) is 11.1 Å². The van der Waals surface area contributed by atoms with Crippen molar-refractivity contribution in [3.8, 4) is 0 Å². The molecule has 1 aromatic rings. The van der Waals surface area contributed by atoms with Gasteiger partial charge in [0.05, 0.1) is 0 Å². The third kappa shape index (κ3) is 2.75. The van der Waals surface area contributed by atoms with E-state index >= 15 is 0 Å².